The molecule has 1 fully saturated rings. The minimum absolute atomic E-state index is 0.154. The molecular weight excluding hydrogens is 260 g/mol. The molecule has 1 saturated carbocycles. The number of aromatic amines is 1. The van der Waals surface area contributed by atoms with Crippen LogP contribution in [0, 0.1) is 5.92 Å². The molecule has 2 atom stereocenters. The van der Waals surface area contributed by atoms with Gasteiger partial charge in [0.05, 0.1) is 11.4 Å². The third-order valence-electron chi connectivity index (χ3n) is 3.81. The Morgan fingerprint density at radius 2 is 2.25 bits per heavy atom. The quantitative estimate of drug-likeness (QED) is 0.798. The topological polar surface area (TPSA) is 95.3 Å². The average molecular weight is 276 g/mol. The summed E-state index contributed by atoms with van der Waals surface area (Å²) < 4.78 is 4.94. The molecule has 6 nitrogen and oxygen atoms in total. The van der Waals surface area contributed by atoms with E-state index in [4.69, 9.17) is 9.52 Å². The number of hydrogen-bond acceptors (Lipinski definition) is 4. The van der Waals surface area contributed by atoms with E-state index in [1.807, 2.05) is 12.1 Å². The Morgan fingerprint density at radius 3 is 3.05 bits per heavy atom. The van der Waals surface area contributed by atoms with Crippen LogP contribution in [0.1, 0.15) is 25.7 Å². The molecule has 0 radical (unpaired) electrons. The Morgan fingerprint density at radius 1 is 1.40 bits per heavy atom. The standard InChI is InChI=1S/C14H16N2O4/c17-13(18)8-2-1-3-9(6-8)15-10-4-5-12-11(7-10)16-14(19)20-12/h4-5,7-9,15H,1-3,6H2,(H,16,19)(H,17,18). The first kappa shape index (κ1) is 12.8. The summed E-state index contributed by atoms with van der Waals surface area (Å²) in [5, 5.41) is 12.4. The predicted octanol–water partition coefficient (Wildman–Crippen LogP) is 2.18. The van der Waals surface area contributed by atoms with Crippen LogP contribution in [0.3, 0.4) is 0 Å². The number of oxazole rings is 1. The van der Waals surface area contributed by atoms with Gasteiger partial charge in [-0.2, -0.15) is 0 Å². The highest BCUT2D eigenvalue weighted by Gasteiger charge is 2.26. The molecular formula is C14H16N2O4. The van der Waals surface area contributed by atoms with E-state index in [2.05, 4.69) is 10.3 Å². The van der Waals surface area contributed by atoms with Crippen LogP contribution in [0.2, 0.25) is 0 Å². The zero-order valence-electron chi connectivity index (χ0n) is 10.9. The van der Waals surface area contributed by atoms with Gasteiger partial charge >= 0.3 is 11.7 Å². The molecule has 1 heterocycles. The predicted molar refractivity (Wildman–Crippen MR) is 73.8 cm³/mol. The van der Waals surface area contributed by atoms with E-state index in [1.165, 1.54) is 0 Å². The van der Waals surface area contributed by atoms with Crippen LogP contribution >= 0.6 is 0 Å². The molecule has 0 saturated heterocycles. The van der Waals surface area contributed by atoms with Crippen LogP contribution < -0.4 is 11.1 Å². The molecule has 1 aliphatic carbocycles. The number of carboxylic acid groups (broad SMARTS) is 1. The summed E-state index contributed by atoms with van der Waals surface area (Å²) in [7, 11) is 0. The second-order valence-corrected chi connectivity index (χ2v) is 5.27. The molecule has 2 aromatic rings. The van der Waals surface area contributed by atoms with Crippen LogP contribution in [-0.4, -0.2) is 22.1 Å². The van der Waals surface area contributed by atoms with Gasteiger partial charge in [0.2, 0.25) is 0 Å². The fraction of sp³-hybridized carbons (Fsp3) is 0.429. The van der Waals surface area contributed by atoms with Gasteiger partial charge in [-0.05, 0) is 37.5 Å². The maximum atomic E-state index is 11.1. The van der Waals surface area contributed by atoms with E-state index in [0.29, 0.717) is 17.5 Å². The maximum absolute atomic E-state index is 11.1. The van der Waals surface area contributed by atoms with Crippen molar-refractivity contribution in [1.82, 2.24) is 4.98 Å². The number of carbonyl (C=O) groups is 1. The van der Waals surface area contributed by atoms with Crippen molar-refractivity contribution < 1.29 is 14.3 Å². The zero-order chi connectivity index (χ0) is 14.1. The summed E-state index contributed by atoms with van der Waals surface area (Å²) in [4.78, 5) is 24.8. The molecule has 0 aliphatic heterocycles. The molecule has 2 unspecified atom stereocenters. The Hall–Kier alpha value is -2.24. The van der Waals surface area contributed by atoms with Gasteiger partial charge in [-0.1, -0.05) is 6.42 Å². The van der Waals surface area contributed by atoms with E-state index in [1.54, 1.807) is 6.07 Å². The van der Waals surface area contributed by atoms with E-state index in [0.717, 1.165) is 24.9 Å². The Bertz CT molecular complexity index is 688. The molecule has 20 heavy (non-hydrogen) atoms. The highest BCUT2D eigenvalue weighted by molar-refractivity contribution is 5.77. The van der Waals surface area contributed by atoms with E-state index < -0.39 is 11.7 Å². The Balaban J connectivity index is 1.75. The van der Waals surface area contributed by atoms with Gasteiger partial charge in [-0.3, -0.25) is 9.78 Å². The lowest BCUT2D eigenvalue weighted by Crippen LogP contribution is -2.30. The molecule has 0 amide bonds. The van der Waals surface area contributed by atoms with E-state index in [9.17, 15) is 9.59 Å². The van der Waals surface area contributed by atoms with Gasteiger partial charge in [0.25, 0.3) is 0 Å². The molecule has 1 aromatic heterocycles. The minimum atomic E-state index is -0.717. The number of aliphatic carboxylic acids is 1. The smallest absolute Gasteiger partial charge is 0.417 e. The first-order valence-electron chi connectivity index (χ1n) is 6.74. The van der Waals surface area contributed by atoms with Crippen molar-refractivity contribution in [3.63, 3.8) is 0 Å². The number of fused-ring (bicyclic) bond motifs is 1. The minimum Gasteiger partial charge on any atom is -0.481 e. The summed E-state index contributed by atoms with van der Waals surface area (Å²) >= 11 is 0. The average Bonchev–Trinajstić information content (AvgIpc) is 2.78. The first-order valence-corrected chi connectivity index (χ1v) is 6.74. The number of anilines is 1. The van der Waals surface area contributed by atoms with Crippen molar-refractivity contribution in [2.45, 2.75) is 31.7 Å². The van der Waals surface area contributed by atoms with Gasteiger partial charge in [-0.15, -0.1) is 0 Å². The van der Waals surface area contributed by atoms with Gasteiger partial charge in [0.15, 0.2) is 5.58 Å². The van der Waals surface area contributed by atoms with Gasteiger partial charge < -0.3 is 14.8 Å². The van der Waals surface area contributed by atoms with Crippen LogP contribution in [0.15, 0.2) is 27.4 Å². The number of carboxylic acids is 1. The molecule has 1 aliphatic rings. The Kier molecular flexibility index (Phi) is 3.22. The number of hydrogen-bond donors (Lipinski definition) is 3. The fourth-order valence-corrected chi connectivity index (χ4v) is 2.82. The number of H-pyrrole nitrogens is 1. The van der Waals surface area contributed by atoms with Crippen LogP contribution in [-0.2, 0) is 4.79 Å². The van der Waals surface area contributed by atoms with Crippen LogP contribution in [0.5, 0.6) is 0 Å². The van der Waals surface area contributed by atoms with Gasteiger partial charge in [0.1, 0.15) is 0 Å². The molecule has 106 valence electrons. The molecule has 1 aromatic carbocycles. The first-order chi connectivity index (χ1) is 9.61. The largest absolute Gasteiger partial charge is 0.481 e. The Labute approximate surface area is 114 Å². The van der Waals surface area contributed by atoms with Crippen molar-refractivity contribution in [3.8, 4) is 0 Å². The molecule has 0 spiro atoms. The second-order valence-electron chi connectivity index (χ2n) is 5.27. The molecule has 6 heteroatoms. The number of benzene rings is 1. The lowest BCUT2D eigenvalue weighted by Gasteiger charge is -2.28. The molecule has 0 bridgehead atoms. The second kappa shape index (κ2) is 5.03. The normalized spacial score (nSPS) is 22.8. The lowest BCUT2D eigenvalue weighted by atomic mass is 9.85. The number of nitrogens with one attached hydrogen (secondary N) is 2. The van der Waals surface area contributed by atoms with Crippen LogP contribution in [0.4, 0.5) is 5.69 Å². The summed E-state index contributed by atoms with van der Waals surface area (Å²) in [6.07, 6.45) is 3.26. The fourth-order valence-electron chi connectivity index (χ4n) is 2.82. The van der Waals surface area contributed by atoms with Crippen molar-refractivity contribution in [2.75, 3.05) is 5.32 Å². The highest BCUT2D eigenvalue weighted by Crippen LogP contribution is 2.27. The summed E-state index contributed by atoms with van der Waals surface area (Å²) in [6, 6.07) is 5.53. The van der Waals surface area contributed by atoms with Crippen molar-refractivity contribution in [2.24, 2.45) is 5.92 Å². The summed E-state index contributed by atoms with van der Waals surface area (Å²) in [6.45, 7) is 0. The molecule has 3 rings (SSSR count). The van der Waals surface area contributed by atoms with Gasteiger partial charge in [0, 0.05) is 11.7 Å². The zero-order valence-corrected chi connectivity index (χ0v) is 10.9. The van der Waals surface area contributed by atoms with Crippen molar-refractivity contribution >= 4 is 22.8 Å². The number of rotatable bonds is 3. The SMILES string of the molecule is O=C(O)C1CCCC(Nc2ccc3oc(=O)[nH]c3c2)C1. The maximum Gasteiger partial charge on any atom is 0.417 e. The van der Waals surface area contributed by atoms with E-state index in [-0.39, 0.29) is 12.0 Å². The van der Waals surface area contributed by atoms with E-state index >= 15 is 0 Å². The van der Waals surface area contributed by atoms with Crippen molar-refractivity contribution in [1.29, 1.82) is 0 Å². The number of aromatic nitrogens is 1. The van der Waals surface area contributed by atoms with Crippen molar-refractivity contribution in [3.05, 3.63) is 28.7 Å². The molecule has 3 N–H and O–H groups in total. The van der Waals surface area contributed by atoms with Gasteiger partial charge in [-0.25, -0.2) is 4.79 Å². The lowest BCUT2D eigenvalue weighted by molar-refractivity contribution is -0.142. The third-order valence-corrected chi connectivity index (χ3v) is 3.81. The monoisotopic (exact) mass is 276 g/mol. The highest BCUT2D eigenvalue weighted by atomic mass is 16.4. The third kappa shape index (κ3) is 2.54. The summed E-state index contributed by atoms with van der Waals surface area (Å²) in [5.41, 5.74) is 2.03. The van der Waals surface area contributed by atoms with Crippen LogP contribution in [0.25, 0.3) is 11.1 Å². The summed E-state index contributed by atoms with van der Waals surface area (Å²) in [5.74, 6) is -1.45.